The maximum Gasteiger partial charge on any atom is 0.417 e. The first-order valence-electron chi connectivity index (χ1n) is 10.3. The minimum atomic E-state index is -4.80. The molecule has 9 nitrogen and oxygen atoms in total. The summed E-state index contributed by atoms with van der Waals surface area (Å²) >= 11 is 18.6. The van der Waals surface area contributed by atoms with Crippen LogP contribution in [0, 0.1) is 0 Å². The number of aromatic nitrogens is 2. The summed E-state index contributed by atoms with van der Waals surface area (Å²) in [6.45, 7) is -0.143. The lowest BCUT2D eigenvalue weighted by molar-refractivity contribution is -0.137. The predicted octanol–water partition coefficient (Wildman–Crippen LogP) is 4.25. The van der Waals surface area contributed by atoms with Crippen molar-refractivity contribution >= 4 is 52.5 Å². The molecule has 1 saturated heterocycles. The number of carbonyl (C=O) groups excluding carboxylic acids is 1. The van der Waals surface area contributed by atoms with Gasteiger partial charge in [0, 0.05) is 19.3 Å². The van der Waals surface area contributed by atoms with E-state index in [0.717, 1.165) is 22.9 Å². The standard InChI is InChI=1S/C22H14Cl3F3N4O5/c23-14-6-11(7-15(24)17(14)30-5-4-29-20(30)36)31-9-12(19(34)35)18(33)32(21(31)37)8-10-2-1-3-13(16(10)25)22(26,27)28/h1-3,6-7,9H,4-5,8H2,(H,29,36)(H,34,35). The average molecular weight is 578 g/mol. The lowest BCUT2D eigenvalue weighted by atomic mass is 10.1. The number of carboxylic acids is 1. The van der Waals surface area contributed by atoms with Gasteiger partial charge in [-0.25, -0.2) is 14.4 Å². The predicted molar refractivity (Wildman–Crippen MR) is 130 cm³/mol. The molecule has 0 atom stereocenters. The lowest BCUT2D eigenvalue weighted by Gasteiger charge is -2.19. The number of carbonyl (C=O) groups is 2. The Balaban J connectivity index is 1.89. The molecule has 2 heterocycles. The maximum atomic E-state index is 13.3. The molecule has 1 fully saturated rings. The second-order valence-corrected chi connectivity index (χ2v) is 9.00. The normalized spacial score (nSPS) is 13.7. The average Bonchev–Trinajstić information content (AvgIpc) is 3.21. The lowest BCUT2D eigenvalue weighted by Crippen LogP contribution is -2.42. The Morgan fingerprint density at radius 1 is 1.08 bits per heavy atom. The molecule has 1 aromatic heterocycles. The van der Waals surface area contributed by atoms with Crippen LogP contribution >= 0.6 is 34.8 Å². The summed E-state index contributed by atoms with van der Waals surface area (Å²) in [7, 11) is 0. The topological polar surface area (TPSA) is 114 Å². The molecule has 4 rings (SSSR count). The maximum absolute atomic E-state index is 13.3. The Bertz CT molecular complexity index is 1550. The third-order valence-electron chi connectivity index (χ3n) is 5.52. The third kappa shape index (κ3) is 4.91. The van der Waals surface area contributed by atoms with Crippen molar-refractivity contribution in [3.05, 3.63) is 89.1 Å². The number of amides is 2. The highest BCUT2D eigenvalue weighted by molar-refractivity contribution is 6.40. The van der Waals surface area contributed by atoms with Crippen LogP contribution in [0.1, 0.15) is 21.5 Å². The van der Waals surface area contributed by atoms with Gasteiger partial charge < -0.3 is 10.4 Å². The zero-order chi connectivity index (χ0) is 27.2. The van der Waals surface area contributed by atoms with Crippen LogP contribution in [-0.2, 0) is 12.7 Å². The van der Waals surface area contributed by atoms with Crippen molar-refractivity contribution in [2.24, 2.45) is 0 Å². The molecule has 0 spiro atoms. The fourth-order valence-corrected chi connectivity index (χ4v) is 4.77. The van der Waals surface area contributed by atoms with Gasteiger partial charge in [-0.1, -0.05) is 46.9 Å². The molecule has 1 aliphatic heterocycles. The molecule has 194 valence electrons. The molecule has 0 bridgehead atoms. The van der Waals surface area contributed by atoms with Gasteiger partial charge in [0.15, 0.2) is 0 Å². The Morgan fingerprint density at radius 3 is 2.27 bits per heavy atom. The van der Waals surface area contributed by atoms with Crippen LogP contribution in [0.25, 0.3) is 5.69 Å². The third-order valence-corrected chi connectivity index (χ3v) is 6.54. The summed E-state index contributed by atoms with van der Waals surface area (Å²) < 4.78 is 41.0. The Morgan fingerprint density at radius 2 is 1.73 bits per heavy atom. The molecule has 0 unspecified atom stereocenters. The minimum absolute atomic E-state index is 0.0537. The monoisotopic (exact) mass is 576 g/mol. The van der Waals surface area contributed by atoms with Crippen molar-refractivity contribution in [1.82, 2.24) is 14.5 Å². The highest BCUT2D eigenvalue weighted by Crippen LogP contribution is 2.37. The van der Waals surface area contributed by atoms with E-state index in [1.165, 1.54) is 23.1 Å². The zero-order valence-corrected chi connectivity index (χ0v) is 20.5. The fourth-order valence-electron chi connectivity index (χ4n) is 3.80. The molecular formula is C22H14Cl3F3N4O5. The number of halogens is 6. The molecular weight excluding hydrogens is 564 g/mol. The molecule has 2 aromatic carbocycles. The first kappa shape index (κ1) is 26.6. The van der Waals surface area contributed by atoms with Gasteiger partial charge >= 0.3 is 23.9 Å². The van der Waals surface area contributed by atoms with E-state index < -0.39 is 52.1 Å². The van der Waals surface area contributed by atoms with Crippen molar-refractivity contribution in [1.29, 1.82) is 0 Å². The number of hydrogen-bond acceptors (Lipinski definition) is 4. The second kappa shape index (κ2) is 9.77. The van der Waals surface area contributed by atoms with E-state index in [-0.39, 0.29) is 33.5 Å². The Kier molecular flexibility index (Phi) is 7.01. The quantitative estimate of drug-likeness (QED) is 0.471. The summed E-state index contributed by atoms with van der Waals surface area (Å²) in [4.78, 5) is 51.2. The van der Waals surface area contributed by atoms with Crippen molar-refractivity contribution in [3.63, 3.8) is 0 Å². The number of nitrogens with one attached hydrogen (secondary N) is 1. The van der Waals surface area contributed by atoms with E-state index in [9.17, 15) is 37.5 Å². The largest absolute Gasteiger partial charge is 0.477 e. The van der Waals surface area contributed by atoms with Crippen molar-refractivity contribution in [3.8, 4) is 5.69 Å². The molecule has 0 saturated carbocycles. The van der Waals surface area contributed by atoms with E-state index in [1.807, 2.05) is 0 Å². The van der Waals surface area contributed by atoms with Crippen molar-refractivity contribution < 1.29 is 27.9 Å². The van der Waals surface area contributed by atoms with Gasteiger partial charge in [-0.15, -0.1) is 0 Å². The van der Waals surface area contributed by atoms with Crippen LogP contribution in [0.3, 0.4) is 0 Å². The fraction of sp³-hybridized carbons (Fsp3) is 0.182. The van der Waals surface area contributed by atoms with E-state index in [0.29, 0.717) is 11.1 Å². The number of rotatable bonds is 5. The number of anilines is 1. The van der Waals surface area contributed by atoms with Crippen molar-refractivity contribution in [2.45, 2.75) is 12.7 Å². The SMILES string of the molecule is O=C(O)c1cn(-c2cc(Cl)c(N3CCNC3=O)c(Cl)c2)c(=O)n(Cc2cccc(C(F)(F)F)c2Cl)c1=O. The number of benzene rings is 2. The number of hydrogen-bond donors (Lipinski definition) is 2. The number of aromatic carboxylic acids is 1. The first-order chi connectivity index (χ1) is 17.3. The smallest absolute Gasteiger partial charge is 0.417 e. The van der Waals surface area contributed by atoms with E-state index in [4.69, 9.17) is 34.8 Å². The Labute approximate surface area is 220 Å². The summed E-state index contributed by atoms with van der Waals surface area (Å²) in [5.74, 6) is -1.69. The number of nitrogens with zero attached hydrogens (tertiary/aromatic N) is 3. The molecule has 2 N–H and O–H groups in total. The number of carboxylic acid groups (broad SMARTS) is 1. The van der Waals surface area contributed by atoms with Crippen LogP contribution in [-0.4, -0.2) is 39.3 Å². The summed E-state index contributed by atoms with van der Waals surface area (Å²) in [6.07, 6.45) is -4.05. The molecule has 2 amide bonds. The van der Waals surface area contributed by atoms with Gasteiger partial charge in [0.05, 0.1) is 38.6 Å². The molecule has 0 aliphatic carbocycles. The molecule has 0 radical (unpaired) electrons. The molecule has 3 aromatic rings. The molecule has 15 heteroatoms. The van der Waals surface area contributed by atoms with E-state index >= 15 is 0 Å². The number of alkyl halides is 3. The highest BCUT2D eigenvalue weighted by atomic mass is 35.5. The van der Waals surface area contributed by atoms with Crippen LogP contribution in [0.5, 0.6) is 0 Å². The Hall–Kier alpha value is -3.48. The van der Waals surface area contributed by atoms with Gasteiger partial charge in [-0.2, -0.15) is 13.2 Å². The summed E-state index contributed by atoms with van der Waals surface area (Å²) in [5, 5.41) is 11.3. The summed E-state index contributed by atoms with van der Waals surface area (Å²) in [6, 6.07) is 4.95. The van der Waals surface area contributed by atoms with Gasteiger partial charge in [-0.05, 0) is 23.8 Å². The summed E-state index contributed by atoms with van der Waals surface area (Å²) in [5.41, 5.74) is -4.54. The van der Waals surface area contributed by atoms with Crippen LogP contribution in [0.2, 0.25) is 15.1 Å². The van der Waals surface area contributed by atoms with Crippen LogP contribution in [0.15, 0.2) is 46.1 Å². The zero-order valence-electron chi connectivity index (χ0n) is 18.3. The van der Waals surface area contributed by atoms with E-state index in [2.05, 4.69) is 5.32 Å². The van der Waals surface area contributed by atoms with Crippen LogP contribution < -0.4 is 21.5 Å². The first-order valence-corrected chi connectivity index (χ1v) is 11.4. The van der Waals surface area contributed by atoms with Crippen molar-refractivity contribution in [2.75, 3.05) is 18.0 Å². The minimum Gasteiger partial charge on any atom is -0.477 e. The van der Waals surface area contributed by atoms with Gasteiger partial charge in [-0.3, -0.25) is 18.8 Å². The second-order valence-electron chi connectivity index (χ2n) is 7.81. The molecule has 37 heavy (non-hydrogen) atoms. The van der Waals surface area contributed by atoms with Gasteiger partial charge in [0.25, 0.3) is 5.56 Å². The van der Waals surface area contributed by atoms with E-state index in [1.54, 1.807) is 0 Å². The van der Waals surface area contributed by atoms with Gasteiger partial charge in [0.2, 0.25) is 0 Å². The van der Waals surface area contributed by atoms with Gasteiger partial charge in [0.1, 0.15) is 5.56 Å². The molecule has 1 aliphatic rings. The van der Waals surface area contributed by atoms with Crippen LogP contribution in [0.4, 0.5) is 23.7 Å². The highest BCUT2D eigenvalue weighted by Gasteiger charge is 2.34. The number of urea groups is 1.